The fraction of sp³-hybridized carbons (Fsp3) is 0.182. The monoisotopic (exact) mass is 311 g/mol. The minimum absolute atomic E-state index is 0.183. The van der Waals surface area contributed by atoms with Crippen molar-refractivity contribution >= 4 is 21.7 Å². The molecule has 18 heavy (non-hydrogen) atoms. The van der Waals surface area contributed by atoms with Crippen molar-refractivity contribution in [2.75, 3.05) is 7.11 Å². The molecule has 1 aromatic carbocycles. The van der Waals surface area contributed by atoms with Crippen LogP contribution in [-0.4, -0.2) is 21.8 Å². The van der Waals surface area contributed by atoms with Crippen LogP contribution in [-0.2, 0) is 6.54 Å². The van der Waals surface area contributed by atoms with Gasteiger partial charge in [-0.15, -0.1) is 0 Å². The lowest BCUT2D eigenvalue weighted by atomic mass is 10.2. The van der Waals surface area contributed by atoms with Gasteiger partial charge in [0.2, 0.25) is 0 Å². The van der Waals surface area contributed by atoms with E-state index in [4.69, 9.17) is 4.74 Å². The fourth-order valence-electron chi connectivity index (χ4n) is 1.55. The van der Waals surface area contributed by atoms with Crippen molar-refractivity contribution in [3.05, 3.63) is 50.6 Å². The second-order valence-electron chi connectivity index (χ2n) is 3.61. The van der Waals surface area contributed by atoms with Crippen LogP contribution in [0.3, 0.4) is 0 Å². The van der Waals surface area contributed by atoms with Crippen LogP contribution in [0.25, 0.3) is 0 Å². The molecule has 0 saturated heterocycles. The molecule has 2 rings (SSSR count). The molecule has 0 aliphatic rings. The fourth-order valence-corrected chi connectivity index (χ4v) is 2.01. The highest BCUT2D eigenvalue weighted by molar-refractivity contribution is 9.10. The van der Waals surface area contributed by atoms with Gasteiger partial charge in [0.15, 0.2) is 0 Å². The van der Waals surface area contributed by atoms with Gasteiger partial charge < -0.3 is 14.9 Å². The Labute approximate surface area is 111 Å². The molecule has 0 aliphatic heterocycles. The van der Waals surface area contributed by atoms with Gasteiger partial charge in [0.05, 0.1) is 25.0 Å². The van der Waals surface area contributed by atoms with E-state index in [2.05, 4.69) is 21.0 Å². The highest BCUT2D eigenvalue weighted by atomic mass is 79.9. The minimum Gasteiger partial charge on any atom is -0.497 e. The zero-order chi connectivity index (χ0) is 13.1. The standard InChI is InChI=1S/C11H10BrN3O3/c1-18-9-4-2-3-8(5-9)6-14-7-10(12)11(13-14)15(16)17/h2-5,7H,6H2,1H3. The number of aromatic nitrogens is 2. The maximum Gasteiger partial charge on any atom is 0.404 e. The van der Waals surface area contributed by atoms with E-state index in [0.717, 1.165) is 11.3 Å². The maximum absolute atomic E-state index is 10.7. The van der Waals surface area contributed by atoms with Crippen LogP contribution in [0, 0.1) is 10.1 Å². The van der Waals surface area contributed by atoms with Crippen molar-refractivity contribution in [1.82, 2.24) is 9.78 Å². The molecule has 0 saturated carbocycles. The molecular formula is C11H10BrN3O3. The minimum atomic E-state index is -0.522. The molecule has 0 unspecified atom stereocenters. The topological polar surface area (TPSA) is 70.2 Å². The number of nitrogens with zero attached hydrogens (tertiary/aromatic N) is 3. The number of hydrogen-bond donors (Lipinski definition) is 0. The molecule has 0 atom stereocenters. The van der Waals surface area contributed by atoms with Gasteiger partial charge in [0.25, 0.3) is 0 Å². The van der Waals surface area contributed by atoms with E-state index in [0.29, 0.717) is 11.0 Å². The molecule has 7 heteroatoms. The first kappa shape index (κ1) is 12.6. The largest absolute Gasteiger partial charge is 0.497 e. The van der Waals surface area contributed by atoms with E-state index in [9.17, 15) is 10.1 Å². The molecule has 1 aromatic heterocycles. The zero-order valence-corrected chi connectivity index (χ0v) is 11.1. The van der Waals surface area contributed by atoms with Crippen LogP contribution >= 0.6 is 15.9 Å². The average molecular weight is 312 g/mol. The third kappa shape index (κ3) is 2.67. The Morgan fingerprint density at radius 1 is 1.56 bits per heavy atom. The molecule has 0 bridgehead atoms. The van der Waals surface area contributed by atoms with E-state index >= 15 is 0 Å². The smallest absolute Gasteiger partial charge is 0.404 e. The first-order valence-corrected chi connectivity index (χ1v) is 5.89. The van der Waals surface area contributed by atoms with Crippen molar-refractivity contribution < 1.29 is 9.66 Å². The number of rotatable bonds is 4. The Bertz CT molecular complexity index is 583. The predicted octanol–water partition coefficient (Wildman–Crippen LogP) is 2.61. The van der Waals surface area contributed by atoms with E-state index < -0.39 is 4.92 Å². The first-order valence-electron chi connectivity index (χ1n) is 5.10. The van der Waals surface area contributed by atoms with Gasteiger partial charge in [-0.05, 0) is 38.5 Å². The maximum atomic E-state index is 10.7. The average Bonchev–Trinajstić information content (AvgIpc) is 2.70. The zero-order valence-electron chi connectivity index (χ0n) is 9.54. The third-order valence-corrected chi connectivity index (χ3v) is 2.91. The van der Waals surface area contributed by atoms with Gasteiger partial charge in [-0.2, -0.15) is 4.68 Å². The predicted molar refractivity (Wildman–Crippen MR) is 68.7 cm³/mol. The summed E-state index contributed by atoms with van der Waals surface area (Å²) in [6.07, 6.45) is 1.58. The Hall–Kier alpha value is -1.89. The summed E-state index contributed by atoms with van der Waals surface area (Å²) in [5.41, 5.74) is 0.958. The van der Waals surface area contributed by atoms with Gasteiger partial charge in [-0.25, -0.2) is 0 Å². The van der Waals surface area contributed by atoms with Gasteiger partial charge in [0, 0.05) is 0 Å². The Kier molecular flexibility index (Phi) is 3.61. The number of ether oxygens (including phenoxy) is 1. The molecule has 0 spiro atoms. The van der Waals surface area contributed by atoms with Crippen molar-refractivity contribution in [3.63, 3.8) is 0 Å². The van der Waals surface area contributed by atoms with E-state index in [1.807, 2.05) is 24.3 Å². The normalized spacial score (nSPS) is 10.3. The van der Waals surface area contributed by atoms with Crippen molar-refractivity contribution in [2.24, 2.45) is 0 Å². The van der Waals surface area contributed by atoms with E-state index in [1.54, 1.807) is 13.3 Å². The Morgan fingerprint density at radius 2 is 2.33 bits per heavy atom. The molecular weight excluding hydrogens is 302 g/mol. The van der Waals surface area contributed by atoms with Crippen molar-refractivity contribution in [3.8, 4) is 5.75 Å². The molecule has 0 radical (unpaired) electrons. The molecule has 0 amide bonds. The molecule has 0 aliphatic carbocycles. The van der Waals surface area contributed by atoms with Gasteiger partial charge in [-0.3, -0.25) is 0 Å². The number of halogens is 1. The lowest BCUT2D eigenvalue weighted by Gasteiger charge is -2.02. The number of hydrogen-bond acceptors (Lipinski definition) is 4. The summed E-state index contributed by atoms with van der Waals surface area (Å²) >= 11 is 3.11. The summed E-state index contributed by atoms with van der Waals surface area (Å²) in [6, 6.07) is 7.47. The molecule has 0 N–H and O–H groups in total. The summed E-state index contributed by atoms with van der Waals surface area (Å²) < 4.78 is 6.99. The number of nitro groups is 1. The molecule has 6 nitrogen and oxygen atoms in total. The number of benzene rings is 1. The highest BCUT2D eigenvalue weighted by Crippen LogP contribution is 2.23. The molecule has 1 heterocycles. The van der Waals surface area contributed by atoms with Crippen molar-refractivity contribution in [2.45, 2.75) is 6.54 Å². The van der Waals surface area contributed by atoms with Crippen molar-refractivity contribution in [1.29, 1.82) is 0 Å². The van der Waals surface area contributed by atoms with Crippen LogP contribution in [0.1, 0.15) is 5.56 Å². The van der Waals surface area contributed by atoms with Crippen LogP contribution in [0.2, 0.25) is 0 Å². The summed E-state index contributed by atoms with van der Waals surface area (Å²) in [7, 11) is 1.59. The SMILES string of the molecule is COc1cccc(Cn2cc(Br)c([N+](=O)[O-])n2)c1. The Balaban J connectivity index is 2.23. The molecule has 94 valence electrons. The molecule has 2 aromatic rings. The summed E-state index contributed by atoms with van der Waals surface area (Å²) in [4.78, 5) is 10.1. The van der Waals surface area contributed by atoms with Crippen LogP contribution in [0.5, 0.6) is 5.75 Å². The quantitative estimate of drug-likeness (QED) is 0.643. The lowest BCUT2D eigenvalue weighted by molar-refractivity contribution is -0.390. The summed E-state index contributed by atoms with van der Waals surface area (Å²) in [5.74, 6) is 0.561. The number of methoxy groups -OCH3 is 1. The Morgan fingerprint density at radius 3 is 2.94 bits per heavy atom. The lowest BCUT2D eigenvalue weighted by Crippen LogP contribution is -2.01. The van der Waals surface area contributed by atoms with Gasteiger partial charge in [0.1, 0.15) is 10.2 Å². The second-order valence-corrected chi connectivity index (χ2v) is 4.46. The van der Waals surface area contributed by atoms with Gasteiger partial charge in [-0.1, -0.05) is 12.1 Å². The molecule has 0 fully saturated rings. The first-order chi connectivity index (χ1) is 8.60. The van der Waals surface area contributed by atoms with E-state index in [-0.39, 0.29) is 5.82 Å². The highest BCUT2D eigenvalue weighted by Gasteiger charge is 2.18. The van der Waals surface area contributed by atoms with E-state index in [1.165, 1.54) is 4.68 Å². The summed E-state index contributed by atoms with van der Waals surface area (Å²) in [6.45, 7) is 0.448. The van der Waals surface area contributed by atoms with Crippen LogP contribution in [0.4, 0.5) is 5.82 Å². The van der Waals surface area contributed by atoms with Crippen LogP contribution < -0.4 is 4.74 Å². The third-order valence-electron chi connectivity index (χ3n) is 2.35. The van der Waals surface area contributed by atoms with Crippen LogP contribution in [0.15, 0.2) is 34.9 Å². The summed E-state index contributed by atoms with van der Waals surface area (Å²) in [5, 5.41) is 14.6. The van der Waals surface area contributed by atoms with Gasteiger partial charge >= 0.3 is 5.82 Å². The second kappa shape index (κ2) is 5.18.